The van der Waals surface area contributed by atoms with E-state index in [0.29, 0.717) is 30.4 Å². The average Bonchev–Trinajstić information content (AvgIpc) is 2.45. The van der Waals surface area contributed by atoms with Crippen LogP contribution >= 0.6 is 11.6 Å². The molecule has 0 saturated carbocycles. The van der Waals surface area contributed by atoms with Crippen LogP contribution in [-0.2, 0) is 14.3 Å². The van der Waals surface area contributed by atoms with E-state index in [9.17, 15) is 9.59 Å². The van der Waals surface area contributed by atoms with Crippen LogP contribution in [0.25, 0.3) is 0 Å². The number of carbonyl (C=O) groups is 2. The van der Waals surface area contributed by atoms with Crippen molar-refractivity contribution >= 4 is 29.1 Å². The zero-order chi connectivity index (χ0) is 15.4. The fraction of sp³-hybridized carbons (Fsp3) is 0.467. The zero-order valence-electron chi connectivity index (χ0n) is 12.2. The number of anilines is 1. The van der Waals surface area contributed by atoms with Gasteiger partial charge in [0.2, 0.25) is 5.91 Å². The van der Waals surface area contributed by atoms with Gasteiger partial charge in [0.05, 0.1) is 13.0 Å². The van der Waals surface area contributed by atoms with Gasteiger partial charge in [0.15, 0.2) is 0 Å². The number of nitrogens with zero attached hydrogens (tertiary/aromatic N) is 1. The Morgan fingerprint density at radius 2 is 2.29 bits per heavy atom. The molecule has 5 nitrogen and oxygen atoms in total. The molecule has 1 aromatic rings. The van der Waals surface area contributed by atoms with Crippen LogP contribution in [0.1, 0.15) is 18.9 Å². The van der Waals surface area contributed by atoms with Gasteiger partial charge in [-0.05, 0) is 31.5 Å². The summed E-state index contributed by atoms with van der Waals surface area (Å²) in [6, 6.07) is 5.30. The fourth-order valence-corrected chi connectivity index (χ4v) is 2.38. The van der Waals surface area contributed by atoms with Crippen molar-refractivity contribution in [1.29, 1.82) is 0 Å². The van der Waals surface area contributed by atoms with Crippen LogP contribution in [0.2, 0.25) is 5.02 Å². The SMILES string of the molecule is CCN1CCO[C@@H](CC(=O)Nc2ccc(C)c(Cl)c2)C1=O. The van der Waals surface area contributed by atoms with E-state index in [1.54, 1.807) is 17.0 Å². The third-order valence-electron chi connectivity index (χ3n) is 3.48. The maximum absolute atomic E-state index is 12.0. The van der Waals surface area contributed by atoms with Crippen molar-refractivity contribution in [1.82, 2.24) is 4.90 Å². The average molecular weight is 311 g/mol. The highest BCUT2D eigenvalue weighted by molar-refractivity contribution is 6.31. The number of rotatable bonds is 4. The first-order chi connectivity index (χ1) is 10.0. The summed E-state index contributed by atoms with van der Waals surface area (Å²) in [6.45, 7) is 5.49. The minimum Gasteiger partial charge on any atom is -0.366 e. The number of carbonyl (C=O) groups excluding carboxylic acids is 2. The molecule has 0 unspecified atom stereocenters. The number of hydrogen-bond donors (Lipinski definition) is 1. The number of amides is 2. The predicted molar refractivity (Wildman–Crippen MR) is 81.4 cm³/mol. The molecule has 0 aliphatic carbocycles. The number of morpholine rings is 1. The Balaban J connectivity index is 1.95. The molecule has 1 aliphatic heterocycles. The fourth-order valence-electron chi connectivity index (χ4n) is 2.20. The molecule has 1 fully saturated rings. The Labute approximate surface area is 129 Å². The van der Waals surface area contributed by atoms with Crippen LogP contribution in [0.5, 0.6) is 0 Å². The van der Waals surface area contributed by atoms with Gasteiger partial charge in [0.1, 0.15) is 6.10 Å². The summed E-state index contributed by atoms with van der Waals surface area (Å²) >= 11 is 6.01. The Bertz CT molecular complexity index is 548. The van der Waals surface area contributed by atoms with Crippen molar-refractivity contribution < 1.29 is 14.3 Å². The third-order valence-corrected chi connectivity index (χ3v) is 3.88. The second-order valence-electron chi connectivity index (χ2n) is 4.99. The molecule has 6 heteroatoms. The van der Waals surface area contributed by atoms with Crippen LogP contribution in [0.4, 0.5) is 5.69 Å². The lowest BCUT2D eigenvalue weighted by molar-refractivity contribution is -0.154. The topological polar surface area (TPSA) is 58.6 Å². The molecule has 1 heterocycles. The lowest BCUT2D eigenvalue weighted by Crippen LogP contribution is -2.48. The molecular formula is C15H19ClN2O3. The van der Waals surface area contributed by atoms with Gasteiger partial charge in [0, 0.05) is 23.8 Å². The Morgan fingerprint density at radius 3 is 2.95 bits per heavy atom. The Kier molecular flexibility index (Phi) is 5.20. The number of likely N-dealkylation sites (N-methyl/N-ethyl adjacent to an activating group) is 1. The van der Waals surface area contributed by atoms with Crippen molar-refractivity contribution in [3.05, 3.63) is 28.8 Å². The van der Waals surface area contributed by atoms with E-state index in [1.807, 2.05) is 19.9 Å². The van der Waals surface area contributed by atoms with Gasteiger partial charge in [-0.3, -0.25) is 9.59 Å². The zero-order valence-corrected chi connectivity index (χ0v) is 12.9. The molecule has 0 bridgehead atoms. The standard InChI is InChI=1S/C15H19ClN2O3/c1-3-18-6-7-21-13(15(18)20)9-14(19)17-11-5-4-10(2)12(16)8-11/h4-5,8,13H,3,6-7,9H2,1-2H3,(H,17,19)/t13-/m0/s1. The third kappa shape index (κ3) is 3.95. The largest absolute Gasteiger partial charge is 0.366 e. The molecule has 1 aliphatic rings. The van der Waals surface area contributed by atoms with E-state index >= 15 is 0 Å². The molecule has 21 heavy (non-hydrogen) atoms. The number of nitrogens with one attached hydrogen (secondary N) is 1. The van der Waals surface area contributed by atoms with Gasteiger partial charge in [-0.25, -0.2) is 0 Å². The van der Waals surface area contributed by atoms with E-state index in [2.05, 4.69) is 5.32 Å². The summed E-state index contributed by atoms with van der Waals surface area (Å²) in [5, 5.41) is 3.33. The second kappa shape index (κ2) is 6.91. The highest BCUT2D eigenvalue weighted by Crippen LogP contribution is 2.20. The minimum absolute atomic E-state index is 0.0147. The molecule has 2 amide bonds. The molecule has 1 saturated heterocycles. The van der Waals surface area contributed by atoms with Crippen LogP contribution < -0.4 is 5.32 Å². The van der Waals surface area contributed by atoms with Gasteiger partial charge in [-0.15, -0.1) is 0 Å². The summed E-state index contributed by atoms with van der Waals surface area (Å²) in [5.41, 5.74) is 1.56. The van der Waals surface area contributed by atoms with Crippen molar-refractivity contribution in [2.24, 2.45) is 0 Å². The van der Waals surface area contributed by atoms with Gasteiger partial charge in [0.25, 0.3) is 5.91 Å². The van der Waals surface area contributed by atoms with E-state index in [-0.39, 0.29) is 18.2 Å². The first kappa shape index (κ1) is 15.8. The van der Waals surface area contributed by atoms with E-state index in [1.165, 1.54) is 0 Å². The van der Waals surface area contributed by atoms with Crippen LogP contribution in [0.3, 0.4) is 0 Å². The first-order valence-corrected chi connectivity index (χ1v) is 7.35. The van der Waals surface area contributed by atoms with Crippen LogP contribution in [0.15, 0.2) is 18.2 Å². The molecule has 1 N–H and O–H groups in total. The lowest BCUT2D eigenvalue weighted by Gasteiger charge is -2.31. The van der Waals surface area contributed by atoms with Gasteiger partial charge >= 0.3 is 0 Å². The number of hydrogen-bond acceptors (Lipinski definition) is 3. The van der Waals surface area contributed by atoms with Crippen molar-refractivity contribution in [2.45, 2.75) is 26.4 Å². The number of aryl methyl sites for hydroxylation is 1. The van der Waals surface area contributed by atoms with Crippen molar-refractivity contribution in [3.8, 4) is 0 Å². The monoisotopic (exact) mass is 310 g/mol. The number of benzene rings is 1. The summed E-state index contributed by atoms with van der Waals surface area (Å²) in [5.74, 6) is -0.382. The number of ether oxygens (including phenoxy) is 1. The van der Waals surface area contributed by atoms with Gasteiger partial charge in [-0.1, -0.05) is 17.7 Å². The summed E-state index contributed by atoms with van der Waals surface area (Å²) in [7, 11) is 0. The summed E-state index contributed by atoms with van der Waals surface area (Å²) in [6.07, 6.45) is -0.680. The lowest BCUT2D eigenvalue weighted by atomic mass is 10.1. The first-order valence-electron chi connectivity index (χ1n) is 6.97. The quantitative estimate of drug-likeness (QED) is 0.927. The minimum atomic E-state index is -0.695. The summed E-state index contributed by atoms with van der Waals surface area (Å²) < 4.78 is 5.40. The number of halogens is 1. The van der Waals surface area contributed by atoms with E-state index in [4.69, 9.17) is 16.3 Å². The second-order valence-corrected chi connectivity index (χ2v) is 5.40. The molecule has 0 aromatic heterocycles. The van der Waals surface area contributed by atoms with Gasteiger partial charge < -0.3 is 15.0 Å². The maximum Gasteiger partial charge on any atom is 0.252 e. The van der Waals surface area contributed by atoms with Crippen LogP contribution in [0, 0.1) is 6.92 Å². The molecule has 114 valence electrons. The van der Waals surface area contributed by atoms with Gasteiger partial charge in [-0.2, -0.15) is 0 Å². The van der Waals surface area contributed by atoms with Crippen molar-refractivity contribution in [2.75, 3.05) is 25.0 Å². The Hall–Kier alpha value is -1.59. The molecule has 1 aromatic carbocycles. The Morgan fingerprint density at radius 1 is 1.52 bits per heavy atom. The van der Waals surface area contributed by atoms with Crippen molar-refractivity contribution in [3.63, 3.8) is 0 Å². The predicted octanol–water partition coefficient (Wildman–Crippen LogP) is 2.22. The molecule has 2 rings (SSSR count). The summed E-state index contributed by atoms with van der Waals surface area (Å²) in [4.78, 5) is 25.8. The normalized spacial score (nSPS) is 18.7. The highest BCUT2D eigenvalue weighted by atomic mass is 35.5. The maximum atomic E-state index is 12.0. The molecule has 0 spiro atoms. The van der Waals surface area contributed by atoms with E-state index in [0.717, 1.165) is 5.56 Å². The smallest absolute Gasteiger partial charge is 0.252 e. The van der Waals surface area contributed by atoms with Crippen LogP contribution in [-0.4, -0.2) is 42.5 Å². The van der Waals surface area contributed by atoms with E-state index < -0.39 is 6.10 Å². The highest BCUT2D eigenvalue weighted by Gasteiger charge is 2.30. The molecule has 0 radical (unpaired) electrons. The molecule has 1 atom stereocenters. The molecular weight excluding hydrogens is 292 g/mol.